The molecule has 0 aromatic carbocycles. The van der Waals surface area contributed by atoms with Crippen molar-refractivity contribution < 1.29 is 0 Å². The average molecular weight is 264 g/mol. The Morgan fingerprint density at radius 1 is 1.32 bits per heavy atom. The largest absolute Gasteiger partial charge is 0.313 e. The molecule has 1 aromatic rings. The first-order valence-electron chi connectivity index (χ1n) is 7.38. The number of unbranched alkanes of at least 4 members (excludes halogenated alkanes) is 1. The summed E-state index contributed by atoms with van der Waals surface area (Å²) in [5.41, 5.74) is 3.28. The van der Waals surface area contributed by atoms with Gasteiger partial charge in [-0.3, -0.25) is 4.79 Å². The number of aromatic nitrogens is 1. The van der Waals surface area contributed by atoms with E-state index in [2.05, 4.69) is 32.2 Å². The Balaban J connectivity index is 2.93. The zero-order chi connectivity index (χ0) is 14.4. The van der Waals surface area contributed by atoms with Crippen molar-refractivity contribution in [2.24, 2.45) is 5.92 Å². The van der Waals surface area contributed by atoms with Gasteiger partial charge in [-0.1, -0.05) is 27.2 Å². The smallest absolute Gasteiger partial charge is 0.255 e. The molecule has 0 fully saturated rings. The second-order valence-electron chi connectivity index (χ2n) is 5.78. The fraction of sp³-hybridized carbons (Fsp3) is 0.688. The van der Waals surface area contributed by atoms with Crippen molar-refractivity contribution in [3.63, 3.8) is 0 Å². The third-order valence-corrected chi connectivity index (χ3v) is 3.42. The minimum atomic E-state index is 0.183. The molecular weight excluding hydrogens is 236 g/mol. The van der Waals surface area contributed by atoms with Crippen LogP contribution in [0.2, 0.25) is 0 Å². The van der Waals surface area contributed by atoms with Crippen LogP contribution >= 0.6 is 0 Å². The van der Waals surface area contributed by atoms with Gasteiger partial charge in [0.1, 0.15) is 0 Å². The normalized spacial score (nSPS) is 11.3. The van der Waals surface area contributed by atoms with Crippen LogP contribution in [0, 0.1) is 19.8 Å². The zero-order valence-electron chi connectivity index (χ0n) is 13.0. The Morgan fingerprint density at radius 2 is 2.00 bits per heavy atom. The standard InChI is InChI=1S/C16H28N2O/c1-6-7-8-18-14(5)9-13(4)15(16(18)19)11-17-10-12(2)3/h9,12,17H,6-8,10-11H2,1-5H3. The maximum absolute atomic E-state index is 12.5. The van der Waals surface area contributed by atoms with Crippen molar-refractivity contribution in [1.82, 2.24) is 9.88 Å². The molecule has 1 rings (SSSR count). The van der Waals surface area contributed by atoms with Gasteiger partial charge in [-0.15, -0.1) is 0 Å². The molecule has 1 heterocycles. The van der Waals surface area contributed by atoms with Gasteiger partial charge in [0.05, 0.1) is 0 Å². The van der Waals surface area contributed by atoms with E-state index in [0.29, 0.717) is 12.5 Å². The van der Waals surface area contributed by atoms with Crippen LogP contribution < -0.4 is 10.9 Å². The number of nitrogens with zero attached hydrogens (tertiary/aromatic N) is 1. The number of hydrogen-bond acceptors (Lipinski definition) is 2. The first-order valence-corrected chi connectivity index (χ1v) is 7.38. The van der Waals surface area contributed by atoms with E-state index in [1.54, 1.807) is 0 Å². The molecule has 1 N–H and O–H groups in total. The van der Waals surface area contributed by atoms with Crippen molar-refractivity contribution in [1.29, 1.82) is 0 Å². The highest BCUT2D eigenvalue weighted by atomic mass is 16.1. The number of pyridine rings is 1. The zero-order valence-corrected chi connectivity index (χ0v) is 13.0. The van der Waals surface area contributed by atoms with E-state index in [-0.39, 0.29) is 5.56 Å². The fourth-order valence-corrected chi connectivity index (χ4v) is 2.27. The Labute approximate surface area is 117 Å². The molecule has 0 amide bonds. The van der Waals surface area contributed by atoms with E-state index >= 15 is 0 Å². The second-order valence-corrected chi connectivity index (χ2v) is 5.78. The van der Waals surface area contributed by atoms with Gasteiger partial charge in [-0.25, -0.2) is 0 Å². The predicted octanol–water partition coefficient (Wildman–Crippen LogP) is 3.01. The molecule has 0 radical (unpaired) electrons. The molecule has 1 aromatic heterocycles. The van der Waals surface area contributed by atoms with Crippen molar-refractivity contribution in [3.05, 3.63) is 33.2 Å². The molecule has 0 bridgehead atoms. The average Bonchev–Trinajstić information content (AvgIpc) is 2.32. The summed E-state index contributed by atoms with van der Waals surface area (Å²) in [6.45, 7) is 13.0. The minimum Gasteiger partial charge on any atom is -0.313 e. The highest BCUT2D eigenvalue weighted by Crippen LogP contribution is 2.07. The molecular formula is C16H28N2O. The molecule has 3 heteroatoms. The lowest BCUT2D eigenvalue weighted by Crippen LogP contribution is -2.31. The third kappa shape index (κ3) is 4.50. The van der Waals surface area contributed by atoms with Gasteiger partial charge in [-0.05, 0) is 44.4 Å². The van der Waals surface area contributed by atoms with Crippen LogP contribution in [0.1, 0.15) is 50.4 Å². The molecule has 0 aliphatic rings. The van der Waals surface area contributed by atoms with Crippen LogP contribution in [0.4, 0.5) is 0 Å². The van der Waals surface area contributed by atoms with Crippen LogP contribution in [0.3, 0.4) is 0 Å². The van der Waals surface area contributed by atoms with Crippen molar-refractivity contribution in [2.45, 2.75) is 60.5 Å². The van der Waals surface area contributed by atoms with Crippen LogP contribution in [0.5, 0.6) is 0 Å². The van der Waals surface area contributed by atoms with Crippen LogP contribution in [-0.4, -0.2) is 11.1 Å². The maximum atomic E-state index is 12.5. The topological polar surface area (TPSA) is 34.0 Å². The first kappa shape index (κ1) is 16.0. The monoisotopic (exact) mass is 264 g/mol. The summed E-state index contributed by atoms with van der Waals surface area (Å²) in [6, 6.07) is 2.13. The Bertz CT molecular complexity index is 461. The summed E-state index contributed by atoms with van der Waals surface area (Å²) < 4.78 is 1.92. The fourth-order valence-electron chi connectivity index (χ4n) is 2.27. The Kier molecular flexibility index (Phi) is 6.29. The van der Waals surface area contributed by atoms with Gasteiger partial charge in [0, 0.05) is 24.3 Å². The van der Waals surface area contributed by atoms with Gasteiger partial charge >= 0.3 is 0 Å². The molecule has 0 aliphatic carbocycles. The van der Waals surface area contributed by atoms with Crippen LogP contribution in [0.15, 0.2) is 10.9 Å². The predicted molar refractivity (Wildman–Crippen MR) is 81.6 cm³/mol. The number of nitrogens with one attached hydrogen (secondary N) is 1. The number of rotatable bonds is 7. The molecule has 0 spiro atoms. The minimum absolute atomic E-state index is 0.183. The van der Waals surface area contributed by atoms with Crippen molar-refractivity contribution in [2.75, 3.05) is 6.54 Å². The highest BCUT2D eigenvalue weighted by Gasteiger charge is 2.10. The highest BCUT2D eigenvalue weighted by molar-refractivity contribution is 5.26. The summed E-state index contributed by atoms with van der Waals surface area (Å²) in [6.07, 6.45) is 2.17. The quantitative estimate of drug-likeness (QED) is 0.821. The lowest BCUT2D eigenvalue weighted by Gasteiger charge is -2.15. The maximum Gasteiger partial charge on any atom is 0.255 e. The number of aryl methyl sites for hydroxylation is 2. The van der Waals surface area contributed by atoms with Crippen molar-refractivity contribution >= 4 is 0 Å². The van der Waals surface area contributed by atoms with Crippen LogP contribution in [-0.2, 0) is 13.1 Å². The summed E-state index contributed by atoms with van der Waals surface area (Å²) in [5.74, 6) is 0.605. The molecule has 3 nitrogen and oxygen atoms in total. The molecule has 0 saturated heterocycles. The van der Waals surface area contributed by atoms with Crippen LogP contribution in [0.25, 0.3) is 0 Å². The molecule has 19 heavy (non-hydrogen) atoms. The lowest BCUT2D eigenvalue weighted by molar-refractivity contribution is 0.541. The van der Waals surface area contributed by atoms with E-state index in [0.717, 1.165) is 42.8 Å². The molecule has 0 saturated carbocycles. The van der Waals surface area contributed by atoms with Gasteiger partial charge in [0.15, 0.2) is 0 Å². The van der Waals surface area contributed by atoms with E-state index in [9.17, 15) is 4.79 Å². The molecule has 0 atom stereocenters. The van der Waals surface area contributed by atoms with E-state index in [4.69, 9.17) is 0 Å². The van der Waals surface area contributed by atoms with E-state index < -0.39 is 0 Å². The summed E-state index contributed by atoms with van der Waals surface area (Å²) in [5, 5.41) is 3.37. The Hall–Kier alpha value is -1.09. The summed E-state index contributed by atoms with van der Waals surface area (Å²) in [7, 11) is 0. The Morgan fingerprint density at radius 3 is 2.58 bits per heavy atom. The van der Waals surface area contributed by atoms with Gasteiger partial charge in [0.25, 0.3) is 5.56 Å². The lowest BCUT2D eigenvalue weighted by atomic mass is 10.1. The van der Waals surface area contributed by atoms with E-state index in [1.807, 2.05) is 18.4 Å². The summed E-state index contributed by atoms with van der Waals surface area (Å²) >= 11 is 0. The summed E-state index contributed by atoms with van der Waals surface area (Å²) in [4.78, 5) is 12.5. The van der Waals surface area contributed by atoms with Gasteiger partial charge in [0.2, 0.25) is 0 Å². The molecule has 0 aliphatic heterocycles. The van der Waals surface area contributed by atoms with Gasteiger partial charge in [-0.2, -0.15) is 0 Å². The first-order chi connectivity index (χ1) is 8.97. The number of hydrogen-bond donors (Lipinski definition) is 1. The van der Waals surface area contributed by atoms with Gasteiger partial charge < -0.3 is 9.88 Å². The second kappa shape index (κ2) is 7.49. The van der Waals surface area contributed by atoms with Crippen molar-refractivity contribution in [3.8, 4) is 0 Å². The van der Waals surface area contributed by atoms with E-state index in [1.165, 1.54) is 0 Å². The third-order valence-electron chi connectivity index (χ3n) is 3.42. The molecule has 108 valence electrons. The SMILES string of the molecule is CCCCn1c(C)cc(C)c(CNCC(C)C)c1=O. The molecule has 0 unspecified atom stereocenters.